The van der Waals surface area contributed by atoms with Gasteiger partial charge in [0.2, 0.25) is 0 Å². The van der Waals surface area contributed by atoms with Crippen LogP contribution in [0.15, 0.2) is 11.4 Å². The number of hydrogen-bond donors (Lipinski definition) is 1. The van der Waals surface area contributed by atoms with E-state index in [4.69, 9.17) is 5.73 Å². The number of hydrogen-bond acceptors (Lipinski definition) is 2. The summed E-state index contributed by atoms with van der Waals surface area (Å²) in [5, 5.41) is 1.75. The van der Waals surface area contributed by atoms with Crippen LogP contribution < -0.4 is 5.73 Å². The van der Waals surface area contributed by atoms with Crippen LogP contribution >= 0.6 is 11.3 Å². The van der Waals surface area contributed by atoms with Gasteiger partial charge in [-0.2, -0.15) is 13.2 Å². The average molecular weight is 209 g/mol. The zero-order valence-corrected chi connectivity index (χ0v) is 7.88. The molecule has 0 aromatic carbocycles. The van der Waals surface area contributed by atoms with Crippen molar-refractivity contribution in [1.82, 2.24) is 0 Å². The summed E-state index contributed by atoms with van der Waals surface area (Å²) >= 11 is 1.41. The molecule has 0 bridgehead atoms. The molecule has 1 atom stereocenters. The molecule has 0 saturated heterocycles. The van der Waals surface area contributed by atoms with Gasteiger partial charge in [-0.3, -0.25) is 0 Å². The fourth-order valence-corrected chi connectivity index (χ4v) is 1.91. The van der Waals surface area contributed by atoms with E-state index in [9.17, 15) is 13.2 Å². The molecule has 1 heterocycles. The minimum absolute atomic E-state index is 0.599. The monoisotopic (exact) mass is 209 g/mol. The van der Waals surface area contributed by atoms with Crippen molar-refractivity contribution in [3.63, 3.8) is 0 Å². The van der Waals surface area contributed by atoms with Crippen LogP contribution in [0.5, 0.6) is 0 Å². The SMILES string of the molecule is Cc1sccc1C(N)CC(F)(F)F. The standard InChI is InChI=1S/C8H10F3NS/c1-5-6(2-3-13-5)7(12)4-8(9,10)11/h2-3,7H,4,12H2,1H3. The summed E-state index contributed by atoms with van der Waals surface area (Å²) in [6.45, 7) is 1.77. The first kappa shape index (κ1) is 10.5. The second kappa shape index (κ2) is 3.67. The number of aryl methyl sites for hydroxylation is 1. The topological polar surface area (TPSA) is 26.0 Å². The molecule has 0 radical (unpaired) electrons. The van der Waals surface area contributed by atoms with Gasteiger partial charge in [-0.1, -0.05) is 0 Å². The average Bonchev–Trinajstić information content (AvgIpc) is 2.30. The third-order valence-corrected chi connectivity index (χ3v) is 2.61. The molecular formula is C8H10F3NS. The summed E-state index contributed by atoms with van der Waals surface area (Å²) in [7, 11) is 0. The summed E-state index contributed by atoms with van der Waals surface area (Å²) in [5.41, 5.74) is 6.01. The van der Waals surface area contributed by atoms with Gasteiger partial charge in [0.1, 0.15) is 0 Å². The van der Waals surface area contributed by atoms with Crippen molar-refractivity contribution in [2.75, 3.05) is 0 Å². The van der Waals surface area contributed by atoms with Crippen LogP contribution in [0.25, 0.3) is 0 Å². The fraction of sp³-hybridized carbons (Fsp3) is 0.500. The molecule has 1 aromatic heterocycles. The predicted molar refractivity (Wildman–Crippen MR) is 46.7 cm³/mol. The van der Waals surface area contributed by atoms with Crippen molar-refractivity contribution in [1.29, 1.82) is 0 Å². The molecular weight excluding hydrogens is 199 g/mol. The van der Waals surface area contributed by atoms with Crippen LogP contribution in [0, 0.1) is 6.92 Å². The Labute approximate surface area is 78.4 Å². The predicted octanol–water partition coefficient (Wildman–Crippen LogP) is 3.01. The van der Waals surface area contributed by atoms with Crippen LogP contribution in [0.3, 0.4) is 0 Å². The van der Waals surface area contributed by atoms with Crippen molar-refractivity contribution in [2.24, 2.45) is 5.73 Å². The minimum atomic E-state index is -4.19. The molecule has 0 aliphatic carbocycles. The van der Waals surface area contributed by atoms with Crippen molar-refractivity contribution < 1.29 is 13.2 Å². The normalized spacial score (nSPS) is 14.5. The number of nitrogens with two attached hydrogens (primary N) is 1. The Kier molecular flexibility index (Phi) is 2.98. The first-order valence-corrected chi connectivity index (χ1v) is 4.64. The molecule has 1 nitrogen and oxygen atoms in total. The van der Waals surface area contributed by atoms with Crippen LogP contribution in [0.4, 0.5) is 13.2 Å². The van der Waals surface area contributed by atoms with Gasteiger partial charge in [-0.05, 0) is 23.9 Å². The number of thiophene rings is 1. The largest absolute Gasteiger partial charge is 0.390 e. The number of alkyl halides is 3. The van der Waals surface area contributed by atoms with E-state index >= 15 is 0 Å². The highest BCUT2D eigenvalue weighted by atomic mass is 32.1. The molecule has 74 valence electrons. The molecule has 0 aliphatic heterocycles. The molecule has 0 saturated carbocycles. The van der Waals surface area contributed by atoms with E-state index in [1.54, 1.807) is 18.4 Å². The summed E-state index contributed by atoms with van der Waals surface area (Å²) < 4.78 is 35.9. The van der Waals surface area contributed by atoms with Crippen LogP contribution in [-0.2, 0) is 0 Å². The van der Waals surface area contributed by atoms with E-state index in [-0.39, 0.29) is 0 Å². The lowest BCUT2D eigenvalue weighted by molar-refractivity contribution is -0.138. The molecule has 1 aromatic rings. The molecule has 1 unspecified atom stereocenters. The third-order valence-electron chi connectivity index (χ3n) is 1.75. The van der Waals surface area contributed by atoms with Crippen molar-refractivity contribution in [3.05, 3.63) is 21.9 Å². The second-order valence-electron chi connectivity index (χ2n) is 2.86. The van der Waals surface area contributed by atoms with E-state index in [0.717, 1.165) is 4.88 Å². The van der Waals surface area contributed by atoms with Crippen LogP contribution in [0.2, 0.25) is 0 Å². The van der Waals surface area contributed by atoms with Crippen LogP contribution in [-0.4, -0.2) is 6.18 Å². The molecule has 1 rings (SSSR count). The molecule has 0 aliphatic rings. The summed E-state index contributed by atoms with van der Waals surface area (Å²) in [5.74, 6) is 0. The highest BCUT2D eigenvalue weighted by Crippen LogP contribution is 2.30. The Morgan fingerprint density at radius 2 is 2.15 bits per heavy atom. The van der Waals surface area contributed by atoms with E-state index < -0.39 is 18.6 Å². The molecule has 5 heteroatoms. The Bertz CT molecular complexity index is 279. The summed E-state index contributed by atoms with van der Waals surface area (Å²) in [6.07, 6.45) is -5.14. The maximum absolute atomic E-state index is 12.0. The Morgan fingerprint density at radius 1 is 1.54 bits per heavy atom. The Morgan fingerprint density at radius 3 is 2.54 bits per heavy atom. The molecule has 0 amide bonds. The van der Waals surface area contributed by atoms with Gasteiger partial charge in [0.25, 0.3) is 0 Å². The highest BCUT2D eigenvalue weighted by Gasteiger charge is 2.31. The lowest BCUT2D eigenvalue weighted by atomic mass is 10.1. The second-order valence-corrected chi connectivity index (χ2v) is 3.98. The first-order valence-electron chi connectivity index (χ1n) is 3.76. The smallest absolute Gasteiger partial charge is 0.324 e. The van der Waals surface area contributed by atoms with Crippen molar-refractivity contribution >= 4 is 11.3 Å². The fourth-order valence-electron chi connectivity index (χ4n) is 1.14. The molecule has 13 heavy (non-hydrogen) atoms. The highest BCUT2D eigenvalue weighted by molar-refractivity contribution is 7.10. The quantitative estimate of drug-likeness (QED) is 0.796. The zero-order chi connectivity index (χ0) is 10.1. The third kappa shape index (κ3) is 3.00. The van der Waals surface area contributed by atoms with Crippen molar-refractivity contribution in [3.8, 4) is 0 Å². The van der Waals surface area contributed by atoms with Gasteiger partial charge < -0.3 is 5.73 Å². The Balaban J connectivity index is 2.69. The summed E-state index contributed by atoms with van der Waals surface area (Å²) in [6, 6.07) is 0.724. The number of rotatable bonds is 2. The van der Waals surface area contributed by atoms with Crippen molar-refractivity contribution in [2.45, 2.75) is 25.6 Å². The lowest BCUT2D eigenvalue weighted by Gasteiger charge is -2.13. The van der Waals surface area contributed by atoms with Gasteiger partial charge in [0, 0.05) is 10.9 Å². The summed E-state index contributed by atoms with van der Waals surface area (Å²) in [4.78, 5) is 0.858. The lowest BCUT2D eigenvalue weighted by Crippen LogP contribution is -2.20. The maximum Gasteiger partial charge on any atom is 0.390 e. The minimum Gasteiger partial charge on any atom is -0.324 e. The van der Waals surface area contributed by atoms with E-state index in [1.807, 2.05) is 0 Å². The molecule has 0 spiro atoms. The van der Waals surface area contributed by atoms with E-state index in [1.165, 1.54) is 11.3 Å². The van der Waals surface area contributed by atoms with E-state index in [0.29, 0.717) is 5.56 Å². The van der Waals surface area contributed by atoms with Gasteiger partial charge in [-0.15, -0.1) is 11.3 Å². The maximum atomic E-state index is 12.0. The zero-order valence-electron chi connectivity index (χ0n) is 7.06. The van der Waals surface area contributed by atoms with Crippen LogP contribution in [0.1, 0.15) is 22.9 Å². The van der Waals surface area contributed by atoms with Gasteiger partial charge in [0.05, 0.1) is 6.42 Å². The van der Waals surface area contributed by atoms with Gasteiger partial charge >= 0.3 is 6.18 Å². The Hall–Kier alpha value is -0.550. The first-order chi connectivity index (χ1) is 5.90. The van der Waals surface area contributed by atoms with Gasteiger partial charge in [0.15, 0.2) is 0 Å². The van der Waals surface area contributed by atoms with Gasteiger partial charge in [-0.25, -0.2) is 0 Å². The molecule has 2 N–H and O–H groups in total. The van der Waals surface area contributed by atoms with E-state index in [2.05, 4.69) is 0 Å². The molecule has 0 fully saturated rings. The number of halogens is 3.